The summed E-state index contributed by atoms with van der Waals surface area (Å²) in [5, 5.41) is 13.1. The minimum atomic E-state index is -0.716. The Morgan fingerprint density at radius 1 is 1.30 bits per heavy atom. The largest absolute Gasteiger partial charge is 0.481 e. The quantitative estimate of drug-likeness (QED) is 0.876. The Morgan fingerprint density at radius 3 is 2.70 bits per heavy atom. The molecule has 1 saturated heterocycles. The van der Waals surface area contributed by atoms with Gasteiger partial charge < -0.3 is 19.4 Å². The van der Waals surface area contributed by atoms with Gasteiger partial charge in [-0.15, -0.1) is 0 Å². The Hall–Kier alpha value is -1.63. The number of carboxylic acids is 1. The average molecular weight is 280 g/mol. The lowest BCUT2D eigenvalue weighted by Gasteiger charge is -2.31. The number of hydrogen-bond acceptors (Lipinski definition) is 6. The van der Waals surface area contributed by atoms with Crippen molar-refractivity contribution in [2.45, 2.75) is 25.2 Å². The highest BCUT2D eigenvalue weighted by Gasteiger charge is 2.34. The molecular formula is C13H20N4O3. The van der Waals surface area contributed by atoms with Gasteiger partial charge in [-0.05, 0) is 31.5 Å². The first-order valence-corrected chi connectivity index (χ1v) is 7.13. The van der Waals surface area contributed by atoms with E-state index < -0.39 is 5.97 Å². The summed E-state index contributed by atoms with van der Waals surface area (Å²) in [4.78, 5) is 19.8. The lowest BCUT2D eigenvalue weighted by Crippen LogP contribution is -2.44. The fourth-order valence-electron chi connectivity index (χ4n) is 2.96. The van der Waals surface area contributed by atoms with E-state index in [4.69, 9.17) is 9.63 Å². The molecule has 20 heavy (non-hydrogen) atoms. The highest BCUT2D eigenvalue weighted by atomic mass is 16.5. The number of carbonyl (C=O) groups is 1. The minimum Gasteiger partial charge on any atom is -0.481 e. The SMILES string of the molecule is CN1CCN(c2noc(C3CCC(C(=O)O)C3)n2)CC1. The van der Waals surface area contributed by atoms with Crippen molar-refractivity contribution in [1.82, 2.24) is 15.0 Å². The van der Waals surface area contributed by atoms with Gasteiger partial charge in [-0.25, -0.2) is 0 Å². The zero-order valence-corrected chi connectivity index (χ0v) is 11.7. The molecule has 1 aliphatic carbocycles. The predicted octanol–water partition coefficient (Wildman–Crippen LogP) is 0.790. The molecule has 7 nitrogen and oxygen atoms in total. The molecule has 2 aliphatic rings. The summed E-state index contributed by atoms with van der Waals surface area (Å²) in [5.74, 6) is 0.365. The van der Waals surface area contributed by atoms with Gasteiger partial charge in [-0.2, -0.15) is 4.98 Å². The van der Waals surface area contributed by atoms with Gasteiger partial charge in [0.2, 0.25) is 5.89 Å². The number of rotatable bonds is 3. The number of aliphatic carboxylic acids is 1. The predicted molar refractivity (Wildman–Crippen MR) is 71.7 cm³/mol. The van der Waals surface area contributed by atoms with Crippen LogP contribution in [0.3, 0.4) is 0 Å². The van der Waals surface area contributed by atoms with Crippen LogP contribution in [0.25, 0.3) is 0 Å². The Morgan fingerprint density at radius 2 is 2.05 bits per heavy atom. The van der Waals surface area contributed by atoms with Crippen molar-refractivity contribution in [2.75, 3.05) is 38.1 Å². The van der Waals surface area contributed by atoms with Crippen molar-refractivity contribution in [3.8, 4) is 0 Å². The fourth-order valence-corrected chi connectivity index (χ4v) is 2.96. The molecule has 2 fully saturated rings. The van der Waals surface area contributed by atoms with Gasteiger partial charge in [0.05, 0.1) is 5.92 Å². The molecule has 3 rings (SSSR count). The van der Waals surface area contributed by atoms with Gasteiger partial charge in [-0.3, -0.25) is 4.79 Å². The molecule has 1 aromatic heterocycles. The van der Waals surface area contributed by atoms with Crippen LogP contribution in [0.1, 0.15) is 31.1 Å². The van der Waals surface area contributed by atoms with Gasteiger partial charge in [0, 0.05) is 32.1 Å². The van der Waals surface area contributed by atoms with Crippen LogP contribution in [0.15, 0.2) is 4.52 Å². The number of aromatic nitrogens is 2. The maximum Gasteiger partial charge on any atom is 0.306 e. The van der Waals surface area contributed by atoms with Crippen molar-refractivity contribution in [2.24, 2.45) is 5.92 Å². The first-order chi connectivity index (χ1) is 9.63. The number of likely N-dealkylation sites (N-methyl/N-ethyl adjacent to an activating group) is 1. The van der Waals surface area contributed by atoms with E-state index in [0.717, 1.165) is 32.6 Å². The van der Waals surface area contributed by atoms with Crippen molar-refractivity contribution in [3.05, 3.63) is 5.89 Å². The summed E-state index contributed by atoms with van der Waals surface area (Å²) in [5.41, 5.74) is 0. The van der Waals surface area contributed by atoms with Crippen LogP contribution in [-0.2, 0) is 4.79 Å². The summed E-state index contributed by atoms with van der Waals surface area (Å²) < 4.78 is 5.35. The zero-order chi connectivity index (χ0) is 14.1. The van der Waals surface area contributed by atoms with Crippen molar-refractivity contribution < 1.29 is 14.4 Å². The standard InChI is InChI=1S/C13H20N4O3/c1-16-4-6-17(7-5-16)13-14-11(20-15-13)9-2-3-10(8-9)12(18)19/h9-10H,2-8H2,1H3,(H,18,19). The van der Waals surface area contributed by atoms with E-state index in [-0.39, 0.29) is 11.8 Å². The van der Waals surface area contributed by atoms with Crippen LogP contribution in [0.2, 0.25) is 0 Å². The molecule has 1 aliphatic heterocycles. The normalized spacial score (nSPS) is 27.9. The van der Waals surface area contributed by atoms with Crippen LogP contribution in [0.5, 0.6) is 0 Å². The number of nitrogens with zero attached hydrogens (tertiary/aromatic N) is 4. The molecule has 1 N–H and O–H groups in total. The highest BCUT2D eigenvalue weighted by molar-refractivity contribution is 5.70. The minimum absolute atomic E-state index is 0.102. The molecule has 0 aromatic carbocycles. The van der Waals surface area contributed by atoms with E-state index in [1.807, 2.05) is 0 Å². The molecule has 0 spiro atoms. The summed E-state index contributed by atoms with van der Waals surface area (Å²) in [7, 11) is 2.10. The van der Waals surface area contributed by atoms with Gasteiger partial charge in [0.25, 0.3) is 5.95 Å². The summed E-state index contributed by atoms with van der Waals surface area (Å²) in [6, 6.07) is 0. The molecule has 7 heteroatoms. The molecule has 1 aromatic rings. The van der Waals surface area contributed by atoms with Crippen LogP contribution >= 0.6 is 0 Å². The van der Waals surface area contributed by atoms with Crippen LogP contribution in [-0.4, -0.2) is 59.3 Å². The first-order valence-electron chi connectivity index (χ1n) is 7.13. The van der Waals surface area contributed by atoms with Crippen LogP contribution < -0.4 is 4.90 Å². The number of anilines is 1. The molecule has 0 bridgehead atoms. The lowest BCUT2D eigenvalue weighted by molar-refractivity contribution is -0.141. The molecule has 110 valence electrons. The Labute approximate surface area is 117 Å². The van der Waals surface area contributed by atoms with E-state index in [1.54, 1.807) is 0 Å². The molecule has 1 saturated carbocycles. The molecule has 2 heterocycles. The third kappa shape index (κ3) is 2.63. The van der Waals surface area contributed by atoms with E-state index in [2.05, 4.69) is 27.0 Å². The zero-order valence-electron chi connectivity index (χ0n) is 11.7. The topological polar surface area (TPSA) is 82.7 Å². The monoisotopic (exact) mass is 280 g/mol. The van der Waals surface area contributed by atoms with Crippen molar-refractivity contribution in [3.63, 3.8) is 0 Å². The van der Waals surface area contributed by atoms with E-state index in [1.165, 1.54) is 0 Å². The van der Waals surface area contributed by atoms with Gasteiger partial charge >= 0.3 is 5.97 Å². The van der Waals surface area contributed by atoms with Crippen molar-refractivity contribution >= 4 is 11.9 Å². The molecule has 2 unspecified atom stereocenters. The molecule has 2 atom stereocenters. The fraction of sp³-hybridized carbons (Fsp3) is 0.769. The second-order valence-corrected chi connectivity index (χ2v) is 5.77. The van der Waals surface area contributed by atoms with Crippen LogP contribution in [0, 0.1) is 5.92 Å². The maximum atomic E-state index is 11.0. The molecule has 0 radical (unpaired) electrons. The second-order valence-electron chi connectivity index (χ2n) is 5.77. The second kappa shape index (κ2) is 5.40. The first kappa shape index (κ1) is 13.4. The Kier molecular flexibility index (Phi) is 3.60. The number of carboxylic acid groups (broad SMARTS) is 1. The molecular weight excluding hydrogens is 260 g/mol. The third-order valence-electron chi connectivity index (χ3n) is 4.35. The van der Waals surface area contributed by atoms with E-state index in [0.29, 0.717) is 24.7 Å². The van der Waals surface area contributed by atoms with Crippen LogP contribution in [0.4, 0.5) is 5.95 Å². The summed E-state index contributed by atoms with van der Waals surface area (Å²) in [6.45, 7) is 3.79. The maximum absolute atomic E-state index is 11.0. The van der Waals surface area contributed by atoms with Gasteiger partial charge in [0.15, 0.2) is 0 Å². The smallest absolute Gasteiger partial charge is 0.306 e. The van der Waals surface area contributed by atoms with Gasteiger partial charge in [0.1, 0.15) is 0 Å². The molecule has 0 amide bonds. The van der Waals surface area contributed by atoms with Crippen molar-refractivity contribution in [1.29, 1.82) is 0 Å². The third-order valence-corrected chi connectivity index (χ3v) is 4.35. The number of piperazine rings is 1. The van der Waals surface area contributed by atoms with E-state index in [9.17, 15) is 4.79 Å². The summed E-state index contributed by atoms with van der Waals surface area (Å²) in [6.07, 6.45) is 2.13. The Balaban J connectivity index is 1.64. The highest BCUT2D eigenvalue weighted by Crippen LogP contribution is 2.38. The lowest BCUT2D eigenvalue weighted by atomic mass is 10.1. The Bertz CT molecular complexity index is 482. The summed E-state index contributed by atoms with van der Waals surface area (Å²) >= 11 is 0. The van der Waals surface area contributed by atoms with E-state index >= 15 is 0 Å². The van der Waals surface area contributed by atoms with Gasteiger partial charge in [-0.1, -0.05) is 0 Å². The number of hydrogen-bond donors (Lipinski definition) is 1. The average Bonchev–Trinajstić information content (AvgIpc) is 3.08.